The van der Waals surface area contributed by atoms with Crippen molar-refractivity contribution in [3.8, 4) is 5.75 Å². The quantitative estimate of drug-likeness (QED) is 0.841. The first kappa shape index (κ1) is 10.4. The van der Waals surface area contributed by atoms with Crippen LogP contribution in [0, 0.1) is 0 Å². The molecule has 0 atom stereocenters. The van der Waals surface area contributed by atoms with Crippen molar-refractivity contribution < 1.29 is 4.74 Å². The number of anilines is 3. The third-order valence-electron chi connectivity index (χ3n) is 2.68. The number of aromatic nitrogens is 1. The molecule has 0 radical (unpaired) electrons. The SMILES string of the molecule is Nc1cnc(N2CCCOc3ccccc32)s1. The summed E-state index contributed by atoms with van der Waals surface area (Å²) < 4.78 is 5.71. The van der Waals surface area contributed by atoms with Crippen LogP contribution in [-0.4, -0.2) is 18.1 Å². The minimum atomic E-state index is 0.739. The number of nitrogen functional groups attached to an aromatic ring is 1. The maximum atomic E-state index is 5.74. The van der Waals surface area contributed by atoms with E-state index in [1.807, 2.05) is 18.2 Å². The van der Waals surface area contributed by atoms with Gasteiger partial charge in [0.25, 0.3) is 0 Å². The highest BCUT2D eigenvalue weighted by molar-refractivity contribution is 7.19. The van der Waals surface area contributed by atoms with E-state index in [2.05, 4.69) is 16.0 Å². The van der Waals surface area contributed by atoms with Crippen molar-refractivity contribution in [2.45, 2.75) is 6.42 Å². The molecule has 88 valence electrons. The third-order valence-corrected chi connectivity index (χ3v) is 3.53. The normalized spacial score (nSPS) is 14.9. The lowest BCUT2D eigenvalue weighted by molar-refractivity contribution is 0.322. The van der Waals surface area contributed by atoms with E-state index in [0.717, 1.165) is 41.1 Å². The van der Waals surface area contributed by atoms with Crippen molar-refractivity contribution in [2.24, 2.45) is 0 Å². The van der Waals surface area contributed by atoms with Crippen molar-refractivity contribution in [1.29, 1.82) is 0 Å². The van der Waals surface area contributed by atoms with Crippen LogP contribution in [-0.2, 0) is 0 Å². The predicted octanol–water partition coefficient (Wildman–Crippen LogP) is 2.65. The summed E-state index contributed by atoms with van der Waals surface area (Å²) in [5, 5.41) is 1.67. The van der Waals surface area contributed by atoms with Gasteiger partial charge in [0.05, 0.1) is 18.5 Å². The molecule has 3 rings (SSSR count). The lowest BCUT2D eigenvalue weighted by atomic mass is 10.2. The zero-order chi connectivity index (χ0) is 11.7. The predicted molar refractivity (Wildman–Crippen MR) is 70.1 cm³/mol. The summed E-state index contributed by atoms with van der Waals surface area (Å²) in [4.78, 5) is 6.51. The molecule has 1 aromatic carbocycles. The molecule has 1 aromatic heterocycles. The van der Waals surface area contributed by atoms with E-state index in [9.17, 15) is 0 Å². The van der Waals surface area contributed by atoms with Crippen LogP contribution in [0.3, 0.4) is 0 Å². The van der Waals surface area contributed by atoms with E-state index in [-0.39, 0.29) is 0 Å². The van der Waals surface area contributed by atoms with E-state index in [1.54, 1.807) is 6.20 Å². The average Bonchev–Trinajstić information content (AvgIpc) is 2.66. The van der Waals surface area contributed by atoms with Gasteiger partial charge in [-0.1, -0.05) is 23.5 Å². The van der Waals surface area contributed by atoms with Crippen LogP contribution in [0.25, 0.3) is 0 Å². The highest BCUT2D eigenvalue weighted by Crippen LogP contribution is 2.37. The molecular formula is C12H13N3OS. The molecule has 5 heteroatoms. The van der Waals surface area contributed by atoms with Gasteiger partial charge in [0, 0.05) is 6.54 Å². The van der Waals surface area contributed by atoms with Crippen molar-refractivity contribution >= 4 is 27.2 Å². The molecule has 17 heavy (non-hydrogen) atoms. The van der Waals surface area contributed by atoms with Gasteiger partial charge in [-0.15, -0.1) is 0 Å². The molecule has 2 heterocycles. The van der Waals surface area contributed by atoms with Gasteiger partial charge < -0.3 is 15.4 Å². The van der Waals surface area contributed by atoms with Gasteiger partial charge in [0.15, 0.2) is 5.13 Å². The average molecular weight is 247 g/mol. The van der Waals surface area contributed by atoms with Gasteiger partial charge in [0.1, 0.15) is 10.8 Å². The number of thiazole rings is 1. The molecular weight excluding hydrogens is 234 g/mol. The summed E-state index contributed by atoms with van der Waals surface area (Å²) in [6.45, 7) is 1.65. The topological polar surface area (TPSA) is 51.4 Å². The number of para-hydroxylation sites is 2. The van der Waals surface area contributed by atoms with E-state index in [1.165, 1.54) is 11.3 Å². The molecule has 1 aliphatic heterocycles. The van der Waals surface area contributed by atoms with Crippen LogP contribution < -0.4 is 15.4 Å². The third kappa shape index (κ3) is 1.93. The van der Waals surface area contributed by atoms with Crippen molar-refractivity contribution in [3.63, 3.8) is 0 Å². The zero-order valence-electron chi connectivity index (χ0n) is 9.30. The summed E-state index contributed by atoms with van der Waals surface area (Å²) in [6, 6.07) is 8.04. The number of nitrogens with two attached hydrogens (primary N) is 1. The van der Waals surface area contributed by atoms with E-state index in [0.29, 0.717) is 0 Å². The molecule has 0 aliphatic carbocycles. The van der Waals surface area contributed by atoms with Crippen LogP contribution in [0.1, 0.15) is 6.42 Å². The number of rotatable bonds is 1. The first-order valence-corrected chi connectivity index (χ1v) is 6.37. The maximum Gasteiger partial charge on any atom is 0.191 e. The summed E-state index contributed by atoms with van der Waals surface area (Å²) in [7, 11) is 0. The highest BCUT2D eigenvalue weighted by atomic mass is 32.1. The monoisotopic (exact) mass is 247 g/mol. The number of fused-ring (bicyclic) bond motifs is 1. The lowest BCUT2D eigenvalue weighted by Crippen LogP contribution is -2.17. The molecule has 2 N–H and O–H groups in total. The smallest absolute Gasteiger partial charge is 0.191 e. The van der Waals surface area contributed by atoms with Crippen LogP contribution in [0.5, 0.6) is 5.75 Å². The molecule has 0 unspecified atom stereocenters. The van der Waals surface area contributed by atoms with Gasteiger partial charge in [0.2, 0.25) is 0 Å². The Bertz CT molecular complexity index is 526. The van der Waals surface area contributed by atoms with Gasteiger partial charge in [-0.3, -0.25) is 0 Å². The van der Waals surface area contributed by atoms with Crippen LogP contribution in [0.2, 0.25) is 0 Å². The Balaban J connectivity index is 2.05. The fraction of sp³-hybridized carbons (Fsp3) is 0.250. The second-order valence-corrected chi connectivity index (χ2v) is 4.91. The fourth-order valence-electron chi connectivity index (χ4n) is 1.93. The number of ether oxygens (including phenoxy) is 1. The van der Waals surface area contributed by atoms with Gasteiger partial charge in [-0.2, -0.15) is 0 Å². The molecule has 0 fully saturated rings. The Morgan fingerprint density at radius 1 is 1.35 bits per heavy atom. The Morgan fingerprint density at radius 2 is 2.24 bits per heavy atom. The van der Waals surface area contributed by atoms with Crippen LogP contribution in [0.15, 0.2) is 30.5 Å². The molecule has 0 amide bonds. The van der Waals surface area contributed by atoms with Crippen molar-refractivity contribution in [1.82, 2.24) is 4.98 Å². The second-order valence-electron chi connectivity index (χ2n) is 3.87. The summed E-state index contributed by atoms with van der Waals surface area (Å²) in [5.41, 5.74) is 6.81. The number of hydrogen-bond acceptors (Lipinski definition) is 5. The largest absolute Gasteiger partial charge is 0.491 e. The number of hydrogen-bond donors (Lipinski definition) is 1. The first-order chi connectivity index (χ1) is 8.34. The summed E-state index contributed by atoms with van der Waals surface area (Å²) >= 11 is 1.50. The maximum absolute atomic E-state index is 5.74. The summed E-state index contributed by atoms with van der Waals surface area (Å²) in [6.07, 6.45) is 2.68. The molecule has 1 aliphatic rings. The number of nitrogens with zero attached hydrogens (tertiary/aromatic N) is 2. The number of benzene rings is 1. The minimum absolute atomic E-state index is 0.739. The lowest BCUT2D eigenvalue weighted by Gasteiger charge is -2.20. The van der Waals surface area contributed by atoms with Crippen molar-refractivity contribution in [2.75, 3.05) is 23.8 Å². The van der Waals surface area contributed by atoms with E-state index in [4.69, 9.17) is 10.5 Å². The second kappa shape index (κ2) is 4.25. The minimum Gasteiger partial charge on any atom is -0.491 e. The van der Waals surface area contributed by atoms with Crippen LogP contribution >= 0.6 is 11.3 Å². The van der Waals surface area contributed by atoms with E-state index < -0.39 is 0 Å². The van der Waals surface area contributed by atoms with Crippen molar-refractivity contribution in [3.05, 3.63) is 30.5 Å². The first-order valence-electron chi connectivity index (χ1n) is 5.55. The van der Waals surface area contributed by atoms with E-state index >= 15 is 0 Å². The molecule has 2 aromatic rings. The van der Waals surface area contributed by atoms with Gasteiger partial charge >= 0.3 is 0 Å². The zero-order valence-corrected chi connectivity index (χ0v) is 10.1. The van der Waals surface area contributed by atoms with Gasteiger partial charge in [-0.25, -0.2) is 4.98 Å². The Morgan fingerprint density at radius 3 is 3.06 bits per heavy atom. The Labute approximate surface area is 104 Å². The molecule has 0 spiro atoms. The summed E-state index contributed by atoms with van der Waals surface area (Å²) in [5.74, 6) is 0.916. The molecule has 4 nitrogen and oxygen atoms in total. The molecule has 0 saturated heterocycles. The van der Waals surface area contributed by atoms with Gasteiger partial charge in [-0.05, 0) is 18.6 Å². The molecule has 0 saturated carbocycles. The Hall–Kier alpha value is -1.75. The van der Waals surface area contributed by atoms with Crippen LogP contribution in [0.4, 0.5) is 15.8 Å². The standard InChI is InChI=1S/C12H13N3OS/c13-11-8-14-12(17-11)15-6-3-7-16-10-5-2-1-4-9(10)15/h1-2,4-5,8H,3,6-7,13H2. The highest BCUT2D eigenvalue weighted by Gasteiger charge is 2.19. The Kier molecular flexibility index (Phi) is 2.60. The molecule has 0 bridgehead atoms. The fourth-order valence-corrected chi connectivity index (χ4v) is 2.65.